The summed E-state index contributed by atoms with van der Waals surface area (Å²) in [6.45, 7) is 0. The normalized spacial score (nSPS) is 11.8. The van der Waals surface area contributed by atoms with E-state index in [0.29, 0.717) is 5.82 Å². The first-order chi connectivity index (χ1) is 23.7. The molecule has 4 heterocycles. The number of thiophene rings is 1. The van der Waals surface area contributed by atoms with Crippen molar-refractivity contribution in [1.82, 2.24) is 19.4 Å². The fourth-order valence-electron chi connectivity index (χ4n) is 6.96. The number of rotatable bonds is 4. The molecule has 6 aromatic carbocycles. The predicted molar refractivity (Wildman–Crippen MR) is 199 cm³/mol. The van der Waals surface area contributed by atoms with E-state index in [1.807, 2.05) is 53.4 Å². The van der Waals surface area contributed by atoms with Gasteiger partial charge < -0.3 is 0 Å². The fourth-order valence-corrected chi connectivity index (χ4v) is 8.43. The second-order valence-electron chi connectivity index (χ2n) is 11.9. The summed E-state index contributed by atoms with van der Waals surface area (Å²) in [7, 11) is 0. The second kappa shape index (κ2) is 10.6. The van der Waals surface area contributed by atoms with Crippen LogP contribution in [0.4, 0.5) is 0 Å². The van der Waals surface area contributed by atoms with Gasteiger partial charge in [0, 0.05) is 36.5 Å². The largest absolute Gasteiger partial charge is 0.308 e. The zero-order chi connectivity index (χ0) is 31.8. The SMILES string of the molecule is S=c1c2ccccc2c2cccc3nc(-c4ccc5sc6cccc(-c7nc[n+](-c8ccccc8)c(-c8ccccc8)n7)c6c5c4)n1c32. The molecule has 0 aliphatic carbocycles. The molecule has 48 heavy (non-hydrogen) atoms. The van der Waals surface area contributed by atoms with Gasteiger partial charge in [0.2, 0.25) is 6.33 Å². The smallest absolute Gasteiger partial charge is 0.281 e. The van der Waals surface area contributed by atoms with Gasteiger partial charge in [-0.2, -0.15) is 4.57 Å². The van der Waals surface area contributed by atoms with Crippen LogP contribution in [0.25, 0.3) is 87.2 Å². The molecular formula is C41H24N5S2+. The molecule has 0 atom stereocenters. The average molecular weight is 651 g/mol. The van der Waals surface area contributed by atoms with Gasteiger partial charge in [-0.3, -0.25) is 4.40 Å². The Kier molecular flexibility index (Phi) is 6.00. The average Bonchev–Trinajstić information content (AvgIpc) is 3.74. The van der Waals surface area contributed by atoms with Crippen LogP contribution in [0.3, 0.4) is 0 Å². The molecule has 0 bridgehead atoms. The van der Waals surface area contributed by atoms with Crippen molar-refractivity contribution >= 4 is 70.9 Å². The summed E-state index contributed by atoms with van der Waals surface area (Å²) in [5, 5.41) is 5.65. The van der Waals surface area contributed by atoms with Crippen molar-refractivity contribution in [2.24, 2.45) is 0 Å². The number of benzene rings is 6. The first-order valence-electron chi connectivity index (χ1n) is 15.7. The number of fused-ring (bicyclic) bond motifs is 5. The molecule has 224 valence electrons. The summed E-state index contributed by atoms with van der Waals surface area (Å²) >= 11 is 7.92. The van der Waals surface area contributed by atoms with Gasteiger partial charge in [0.25, 0.3) is 5.82 Å². The number of para-hydroxylation sites is 2. The molecule has 10 rings (SSSR count). The van der Waals surface area contributed by atoms with Gasteiger partial charge >= 0.3 is 5.82 Å². The van der Waals surface area contributed by atoms with E-state index in [0.717, 1.165) is 76.6 Å². The van der Waals surface area contributed by atoms with Crippen LogP contribution in [0.5, 0.6) is 0 Å². The van der Waals surface area contributed by atoms with Gasteiger partial charge in [-0.15, -0.1) is 11.3 Å². The molecule has 10 aromatic rings. The zero-order valence-electron chi connectivity index (χ0n) is 25.4. The zero-order valence-corrected chi connectivity index (χ0v) is 27.0. The number of imidazole rings is 1. The van der Waals surface area contributed by atoms with Crippen molar-refractivity contribution in [3.05, 3.63) is 150 Å². The molecule has 0 aliphatic rings. The van der Waals surface area contributed by atoms with Crippen molar-refractivity contribution in [3.63, 3.8) is 0 Å². The minimum absolute atomic E-state index is 0.681. The minimum Gasteiger partial charge on any atom is -0.281 e. The van der Waals surface area contributed by atoms with Crippen LogP contribution in [-0.2, 0) is 0 Å². The topological polar surface area (TPSA) is 47.0 Å². The monoisotopic (exact) mass is 650 g/mol. The molecule has 5 nitrogen and oxygen atoms in total. The number of pyridine rings is 1. The summed E-state index contributed by atoms with van der Waals surface area (Å²) in [6.07, 6.45) is 1.88. The predicted octanol–water partition coefficient (Wildman–Crippen LogP) is 10.2. The molecule has 0 amide bonds. The van der Waals surface area contributed by atoms with E-state index in [-0.39, 0.29) is 0 Å². The first-order valence-corrected chi connectivity index (χ1v) is 17.0. The highest BCUT2D eigenvalue weighted by Crippen LogP contribution is 2.42. The van der Waals surface area contributed by atoms with Crippen molar-refractivity contribution in [3.8, 4) is 39.9 Å². The van der Waals surface area contributed by atoms with Gasteiger partial charge in [0.05, 0.1) is 22.2 Å². The summed E-state index contributed by atoms with van der Waals surface area (Å²) < 4.78 is 7.37. The quantitative estimate of drug-likeness (QED) is 0.108. The summed E-state index contributed by atoms with van der Waals surface area (Å²) in [4.78, 5) is 15.4. The standard InChI is InChI=1S/C41H24N5S2/c47-41-30-16-8-7-15-28(30)29-17-9-19-33-37(29)46(41)40(43-33)26-21-22-34-32(23-26)36-31(18-10-20-35(36)48-34)38-42-24-45(27-13-5-2-6-14-27)39(44-38)25-11-3-1-4-12-25/h1-24H/q+1. The Morgan fingerprint density at radius 2 is 1.35 bits per heavy atom. The van der Waals surface area contributed by atoms with Crippen molar-refractivity contribution in [2.75, 3.05) is 0 Å². The molecule has 0 aliphatic heterocycles. The van der Waals surface area contributed by atoms with Gasteiger partial charge in [-0.25, -0.2) is 4.98 Å². The van der Waals surface area contributed by atoms with E-state index in [9.17, 15) is 0 Å². The first kappa shape index (κ1) is 27.2. The van der Waals surface area contributed by atoms with Crippen LogP contribution >= 0.6 is 23.6 Å². The molecule has 0 unspecified atom stereocenters. The van der Waals surface area contributed by atoms with Gasteiger partial charge in [-0.1, -0.05) is 101 Å². The Morgan fingerprint density at radius 3 is 2.21 bits per heavy atom. The Balaban J connectivity index is 1.21. The Hall–Kier alpha value is -5.89. The molecule has 0 fully saturated rings. The third-order valence-electron chi connectivity index (χ3n) is 9.12. The Bertz CT molecular complexity index is 2910. The molecule has 7 heteroatoms. The van der Waals surface area contributed by atoms with Gasteiger partial charge in [-0.05, 0) is 66.0 Å². The Labute approximate surface area is 284 Å². The van der Waals surface area contributed by atoms with E-state index < -0.39 is 0 Å². The van der Waals surface area contributed by atoms with Crippen molar-refractivity contribution in [2.45, 2.75) is 0 Å². The number of hydrogen-bond donors (Lipinski definition) is 0. The molecule has 0 saturated heterocycles. The summed E-state index contributed by atoms with van der Waals surface area (Å²) in [6, 6.07) is 48.3. The third-order valence-corrected chi connectivity index (χ3v) is 10.7. The lowest BCUT2D eigenvalue weighted by molar-refractivity contribution is -0.590. The highest BCUT2D eigenvalue weighted by molar-refractivity contribution is 7.71. The minimum atomic E-state index is 0.681. The number of hydrogen-bond acceptors (Lipinski definition) is 5. The van der Waals surface area contributed by atoms with E-state index >= 15 is 0 Å². The number of aromatic nitrogens is 5. The van der Waals surface area contributed by atoms with Crippen LogP contribution in [0, 0.1) is 4.64 Å². The highest BCUT2D eigenvalue weighted by Gasteiger charge is 2.23. The maximum Gasteiger partial charge on any atom is 0.308 e. The van der Waals surface area contributed by atoms with Crippen LogP contribution < -0.4 is 4.57 Å². The van der Waals surface area contributed by atoms with Gasteiger partial charge in [0.15, 0.2) is 0 Å². The fraction of sp³-hybridized carbons (Fsp3) is 0. The van der Waals surface area contributed by atoms with Crippen LogP contribution in [0.2, 0.25) is 0 Å². The van der Waals surface area contributed by atoms with E-state index in [1.165, 1.54) is 9.40 Å². The third kappa shape index (κ3) is 4.05. The van der Waals surface area contributed by atoms with Gasteiger partial charge in [0.1, 0.15) is 16.2 Å². The van der Waals surface area contributed by atoms with Crippen molar-refractivity contribution < 1.29 is 4.57 Å². The molecule has 0 saturated carbocycles. The van der Waals surface area contributed by atoms with E-state index in [1.54, 1.807) is 11.3 Å². The lowest BCUT2D eigenvalue weighted by Gasteiger charge is -2.08. The van der Waals surface area contributed by atoms with Crippen molar-refractivity contribution in [1.29, 1.82) is 0 Å². The Morgan fingerprint density at radius 1 is 0.604 bits per heavy atom. The summed E-state index contributed by atoms with van der Waals surface area (Å²) in [5.74, 6) is 2.36. The molecule has 0 radical (unpaired) electrons. The molecule has 0 N–H and O–H groups in total. The highest BCUT2D eigenvalue weighted by atomic mass is 32.1. The van der Waals surface area contributed by atoms with Crippen LogP contribution in [0.15, 0.2) is 146 Å². The molecule has 0 spiro atoms. The van der Waals surface area contributed by atoms with E-state index in [4.69, 9.17) is 27.2 Å². The summed E-state index contributed by atoms with van der Waals surface area (Å²) in [5.41, 5.74) is 6.04. The van der Waals surface area contributed by atoms with Crippen LogP contribution in [-0.4, -0.2) is 19.4 Å². The second-order valence-corrected chi connectivity index (χ2v) is 13.3. The lowest BCUT2D eigenvalue weighted by atomic mass is 10.0. The molecular weight excluding hydrogens is 627 g/mol. The molecule has 4 aromatic heterocycles. The lowest BCUT2D eigenvalue weighted by Crippen LogP contribution is -2.35. The number of nitrogens with zero attached hydrogens (tertiary/aromatic N) is 5. The van der Waals surface area contributed by atoms with E-state index in [2.05, 4.69) is 101 Å². The van der Waals surface area contributed by atoms with Crippen LogP contribution in [0.1, 0.15) is 0 Å². The maximum absolute atomic E-state index is 6.14. The maximum atomic E-state index is 6.14.